The van der Waals surface area contributed by atoms with Crippen LogP contribution < -0.4 is 0 Å². The molecule has 0 fully saturated rings. The van der Waals surface area contributed by atoms with Gasteiger partial charge in [-0.1, -0.05) is 23.2 Å². The van der Waals surface area contributed by atoms with E-state index in [4.69, 9.17) is 23.2 Å². The van der Waals surface area contributed by atoms with Crippen molar-refractivity contribution in [1.29, 1.82) is 0 Å². The average molecular weight is 367 g/mol. The van der Waals surface area contributed by atoms with Gasteiger partial charge in [0.05, 0.1) is 22.3 Å². The molecule has 2 aromatic rings. The Morgan fingerprint density at radius 3 is 1.50 bits per heavy atom. The number of benzene rings is 2. The predicted molar refractivity (Wildman–Crippen MR) is 91.4 cm³/mol. The molecule has 10 heteroatoms. The molecule has 0 N–H and O–H groups in total. The fraction of sp³-hybridized carbons (Fsp3) is 0. The summed E-state index contributed by atoms with van der Waals surface area (Å²) in [5.41, 5.74) is 0.361. The van der Waals surface area contributed by atoms with E-state index in [9.17, 15) is 20.2 Å². The molecule has 0 aliphatic carbocycles. The number of nitro benzene ring substituents is 2. The first-order valence-corrected chi connectivity index (χ1v) is 7.08. The van der Waals surface area contributed by atoms with Crippen LogP contribution in [0, 0.1) is 20.2 Å². The lowest BCUT2D eigenvalue weighted by molar-refractivity contribution is -0.385. The predicted octanol–water partition coefficient (Wildman–Crippen LogP) is 4.26. The van der Waals surface area contributed by atoms with Gasteiger partial charge < -0.3 is 0 Å². The van der Waals surface area contributed by atoms with Gasteiger partial charge in [-0.3, -0.25) is 20.2 Å². The van der Waals surface area contributed by atoms with Crippen LogP contribution in [0.2, 0.25) is 10.0 Å². The maximum atomic E-state index is 10.7. The average Bonchev–Trinajstić information content (AvgIpc) is 2.54. The van der Waals surface area contributed by atoms with E-state index in [1.807, 2.05) is 0 Å². The fourth-order valence-electron chi connectivity index (χ4n) is 1.68. The summed E-state index contributed by atoms with van der Waals surface area (Å²) in [6.07, 6.45) is 2.47. The topological polar surface area (TPSA) is 111 Å². The molecule has 2 rings (SSSR count). The molecule has 0 spiro atoms. The molecule has 2 aromatic carbocycles. The van der Waals surface area contributed by atoms with E-state index in [-0.39, 0.29) is 21.4 Å². The van der Waals surface area contributed by atoms with Crippen LogP contribution in [0.1, 0.15) is 11.1 Å². The van der Waals surface area contributed by atoms with Gasteiger partial charge in [-0.05, 0) is 12.1 Å². The minimum absolute atomic E-state index is 0.133. The molecule has 0 atom stereocenters. The smallest absolute Gasteiger partial charge is 0.258 e. The Kier molecular flexibility index (Phi) is 5.56. The molecule has 0 aliphatic rings. The lowest BCUT2D eigenvalue weighted by Gasteiger charge is -1.97. The van der Waals surface area contributed by atoms with Crippen molar-refractivity contribution in [3.05, 3.63) is 77.8 Å². The highest BCUT2D eigenvalue weighted by Crippen LogP contribution is 2.21. The monoisotopic (exact) mass is 366 g/mol. The van der Waals surface area contributed by atoms with E-state index < -0.39 is 9.85 Å². The zero-order valence-electron chi connectivity index (χ0n) is 11.8. The van der Waals surface area contributed by atoms with Crippen molar-refractivity contribution in [3.63, 3.8) is 0 Å². The second kappa shape index (κ2) is 7.62. The number of rotatable bonds is 5. The highest BCUT2D eigenvalue weighted by molar-refractivity contribution is 6.33. The Bertz CT molecular complexity index is 796. The van der Waals surface area contributed by atoms with Gasteiger partial charge in [-0.25, -0.2) is 0 Å². The molecule has 0 saturated heterocycles. The Hall–Kier alpha value is -2.84. The molecular weight excluding hydrogens is 359 g/mol. The van der Waals surface area contributed by atoms with Crippen LogP contribution in [0.3, 0.4) is 0 Å². The molecule has 0 radical (unpaired) electrons. The lowest BCUT2D eigenvalue weighted by atomic mass is 10.2. The molecule has 8 nitrogen and oxygen atoms in total. The highest BCUT2D eigenvalue weighted by Gasteiger charge is 2.09. The Balaban J connectivity index is 2.21. The summed E-state index contributed by atoms with van der Waals surface area (Å²) >= 11 is 11.8. The van der Waals surface area contributed by atoms with E-state index >= 15 is 0 Å². The summed E-state index contributed by atoms with van der Waals surface area (Å²) in [4.78, 5) is 20.3. The van der Waals surface area contributed by atoms with Crippen LogP contribution >= 0.6 is 23.2 Å². The van der Waals surface area contributed by atoms with Crippen molar-refractivity contribution >= 4 is 47.0 Å². The molecule has 0 amide bonds. The molecule has 0 saturated carbocycles. The van der Waals surface area contributed by atoms with Gasteiger partial charge in [-0.15, -0.1) is 0 Å². The summed E-state index contributed by atoms with van der Waals surface area (Å²) < 4.78 is 0. The van der Waals surface area contributed by atoms with Crippen LogP contribution in [-0.4, -0.2) is 22.3 Å². The molecular formula is C14H8Cl2N4O4. The highest BCUT2D eigenvalue weighted by atomic mass is 35.5. The van der Waals surface area contributed by atoms with Crippen LogP contribution in [-0.2, 0) is 0 Å². The summed E-state index contributed by atoms with van der Waals surface area (Å²) in [6, 6.07) is 7.80. The maximum absolute atomic E-state index is 10.7. The van der Waals surface area contributed by atoms with E-state index in [1.54, 1.807) is 0 Å². The number of nitrogens with zero attached hydrogens (tertiary/aromatic N) is 4. The third-order valence-electron chi connectivity index (χ3n) is 2.84. The van der Waals surface area contributed by atoms with Gasteiger partial charge in [0.25, 0.3) is 11.4 Å². The van der Waals surface area contributed by atoms with Gasteiger partial charge >= 0.3 is 0 Å². The second-order valence-electron chi connectivity index (χ2n) is 4.41. The lowest BCUT2D eigenvalue weighted by Crippen LogP contribution is -1.91. The number of non-ortho nitro benzene ring substituents is 2. The standard InChI is InChI=1S/C14H8Cl2N4O4/c15-13-3-1-11(19(21)22)5-9(13)7-17-18-8-10-6-12(20(23)24)2-4-14(10)16/h1-8H/b17-7-,18-8-. The third-order valence-corrected chi connectivity index (χ3v) is 3.53. The Morgan fingerprint density at radius 1 is 0.792 bits per heavy atom. The first-order chi connectivity index (χ1) is 11.4. The first-order valence-electron chi connectivity index (χ1n) is 6.33. The van der Waals surface area contributed by atoms with Gasteiger partial charge in [0, 0.05) is 45.4 Å². The van der Waals surface area contributed by atoms with Gasteiger partial charge in [0.2, 0.25) is 0 Å². The van der Waals surface area contributed by atoms with Crippen molar-refractivity contribution in [3.8, 4) is 0 Å². The summed E-state index contributed by atoms with van der Waals surface area (Å²) in [5, 5.41) is 29.4. The van der Waals surface area contributed by atoms with Crippen molar-refractivity contribution in [1.82, 2.24) is 0 Å². The minimum Gasteiger partial charge on any atom is -0.258 e. The number of nitro groups is 2. The van der Waals surface area contributed by atoms with Crippen molar-refractivity contribution in [2.45, 2.75) is 0 Å². The SMILES string of the molecule is O=[N+]([O-])c1ccc(Cl)c(/C=N\N=C/c2cc([N+](=O)[O-])ccc2Cl)c1. The molecule has 0 heterocycles. The molecule has 0 aromatic heterocycles. The molecule has 122 valence electrons. The van der Waals surface area contributed by atoms with Gasteiger partial charge in [0.1, 0.15) is 0 Å². The maximum Gasteiger partial charge on any atom is 0.270 e. The second-order valence-corrected chi connectivity index (χ2v) is 5.23. The van der Waals surface area contributed by atoms with Gasteiger partial charge in [-0.2, -0.15) is 10.2 Å². The normalized spacial score (nSPS) is 11.2. The van der Waals surface area contributed by atoms with Crippen molar-refractivity contribution in [2.24, 2.45) is 10.2 Å². The Labute approximate surface area is 145 Å². The van der Waals surface area contributed by atoms with Crippen LogP contribution in [0.5, 0.6) is 0 Å². The molecule has 0 aliphatic heterocycles. The summed E-state index contributed by atoms with van der Waals surface area (Å²) in [7, 11) is 0. The zero-order chi connectivity index (χ0) is 17.7. The summed E-state index contributed by atoms with van der Waals surface area (Å²) in [6.45, 7) is 0. The largest absolute Gasteiger partial charge is 0.270 e. The van der Waals surface area contributed by atoms with Crippen molar-refractivity contribution in [2.75, 3.05) is 0 Å². The van der Waals surface area contributed by atoms with Crippen molar-refractivity contribution < 1.29 is 9.85 Å². The number of hydrogen-bond donors (Lipinski definition) is 0. The van der Waals surface area contributed by atoms with Gasteiger partial charge in [0.15, 0.2) is 0 Å². The first kappa shape index (κ1) is 17.5. The van der Waals surface area contributed by atoms with Crippen LogP contribution in [0.4, 0.5) is 11.4 Å². The number of halogens is 2. The Morgan fingerprint density at radius 2 is 1.17 bits per heavy atom. The number of hydrogen-bond acceptors (Lipinski definition) is 6. The summed E-state index contributed by atoms with van der Waals surface area (Å²) in [5.74, 6) is 0. The van der Waals surface area contributed by atoms with E-state index in [0.29, 0.717) is 11.1 Å². The van der Waals surface area contributed by atoms with E-state index in [1.165, 1.54) is 48.8 Å². The van der Waals surface area contributed by atoms with Crippen LogP contribution in [0.15, 0.2) is 46.6 Å². The molecule has 0 bridgehead atoms. The van der Waals surface area contributed by atoms with E-state index in [0.717, 1.165) is 0 Å². The van der Waals surface area contributed by atoms with Crippen LogP contribution in [0.25, 0.3) is 0 Å². The fourth-order valence-corrected chi connectivity index (χ4v) is 2.01. The minimum atomic E-state index is -0.556. The zero-order valence-corrected chi connectivity index (χ0v) is 13.3. The molecule has 0 unspecified atom stereocenters. The quantitative estimate of drug-likeness (QED) is 0.446. The van der Waals surface area contributed by atoms with E-state index in [2.05, 4.69) is 10.2 Å². The third kappa shape index (κ3) is 4.34. The molecule has 24 heavy (non-hydrogen) atoms.